The van der Waals surface area contributed by atoms with E-state index in [0.717, 1.165) is 11.3 Å². The SMILES string of the molecule is COCCOc1cccc(CNC(=O)[C@@H]2C[C@@H](O)CN2)c1. The van der Waals surface area contributed by atoms with Gasteiger partial charge in [-0.3, -0.25) is 4.79 Å². The molecule has 1 heterocycles. The van der Waals surface area contributed by atoms with Gasteiger partial charge in [0.15, 0.2) is 0 Å². The third kappa shape index (κ3) is 5.00. The molecular weight excluding hydrogens is 272 g/mol. The number of amides is 1. The molecule has 1 fully saturated rings. The van der Waals surface area contributed by atoms with E-state index in [1.807, 2.05) is 24.3 Å². The molecule has 2 rings (SSSR count). The van der Waals surface area contributed by atoms with Crippen molar-refractivity contribution in [1.29, 1.82) is 0 Å². The fourth-order valence-corrected chi connectivity index (χ4v) is 2.22. The summed E-state index contributed by atoms with van der Waals surface area (Å²) in [5.74, 6) is 0.672. The van der Waals surface area contributed by atoms with E-state index in [4.69, 9.17) is 9.47 Å². The van der Waals surface area contributed by atoms with Crippen molar-refractivity contribution >= 4 is 5.91 Å². The van der Waals surface area contributed by atoms with Crippen molar-refractivity contribution in [3.05, 3.63) is 29.8 Å². The van der Waals surface area contributed by atoms with Crippen molar-refractivity contribution in [1.82, 2.24) is 10.6 Å². The first-order valence-corrected chi connectivity index (χ1v) is 7.09. The van der Waals surface area contributed by atoms with Crippen molar-refractivity contribution in [3.8, 4) is 5.75 Å². The van der Waals surface area contributed by atoms with E-state index in [1.54, 1.807) is 7.11 Å². The van der Waals surface area contributed by atoms with Gasteiger partial charge in [-0.15, -0.1) is 0 Å². The molecule has 6 nitrogen and oxygen atoms in total. The fraction of sp³-hybridized carbons (Fsp3) is 0.533. The summed E-state index contributed by atoms with van der Waals surface area (Å²) >= 11 is 0. The van der Waals surface area contributed by atoms with Crippen LogP contribution in [0.4, 0.5) is 0 Å². The average Bonchev–Trinajstić information content (AvgIpc) is 2.92. The lowest BCUT2D eigenvalue weighted by atomic mass is 10.1. The maximum atomic E-state index is 11.9. The van der Waals surface area contributed by atoms with Crippen LogP contribution < -0.4 is 15.4 Å². The molecule has 1 aliphatic heterocycles. The van der Waals surface area contributed by atoms with E-state index in [1.165, 1.54) is 0 Å². The molecular formula is C15H22N2O4. The summed E-state index contributed by atoms with van der Waals surface area (Å²) in [6.45, 7) is 1.95. The van der Waals surface area contributed by atoms with Crippen LogP contribution in [0.15, 0.2) is 24.3 Å². The number of carbonyl (C=O) groups is 1. The second kappa shape index (κ2) is 7.97. The molecule has 1 aromatic rings. The van der Waals surface area contributed by atoms with E-state index >= 15 is 0 Å². The first kappa shape index (κ1) is 15.8. The van der Waals surface area contributed by atoms with Gasteiger partial charge < -0.3 is 25.2 Å². The zero-order valence-corrected chi connectivity index (χ0v) is 12.2. The first-order chi connectivity index (χ1) is 10.2. The Morgan fingerprint density at radius 3 is 3.05 bits per heavy atom. The molecule has 0 spiro atoms. The lowest BCUT2D eigenvalue weighted by molar-refractivity contribution is -0.123. The van der Waals surface area contributed by atoms with Gasteiger partial charge in [-0.05, 0) is 24.1 Å². The van der Waals surface area contributed by atoms with Crippen LogP contribution in [0.5, 0.6) is 5.75 Å². The van der Waals surface area contributed by atoms with E-state index < -0.39 is 6.10 Å². The van der Waals surface area contributed by atoms with Crippen LogP contribution in [0.3, 0.4) is 0 Å². The monoisotopic (exact) mass is 294 g/mol. The third-order valence-electron chi connectivity index (χ3n) is 3.35. The van der Waals surface area contributed by atoms with Crippen LogP contribution in [0, 0.1) is 0 Å². The van der Waals surface area contributed by atoms with E-state index in [0.29, 0.717) is 32.7 Å². The van der Waals surface area contributed by atoms with Gasteiger partial charge in [-0.2, -0.15) is 0 Å². The number of ether oxygens (including phenoxy) is 2. The molecule has 3 N–H and O–H groups in total. The van der Waals surface area contributed by atoms with Crippen LogP contribution in [0.2, 0.25) is 0 Å². The molecule has 0 unspecified atom stereocenters. The normalized spacial score (nSPS) is 21.2. The smallest absolute Gasteiger partial charge is 0.237 e. The lowest BCUT2D eigenvalue weighted by Gasteiger charge is -2.12. The quantitative estimate of drug-likeness (QED) is 0.619. The van der Waals surface area contributed by atoms with Gasteiger partial charge in [-0.1, -0.05) is 12.1 Å². The summed E-state index contributed by atoms with van der Waals surface area (Å²) in [6, 6.07) is 7.28. The summed E-state index contributed by atoms with van der Waals surface area (Å²) in [4.78, 5) is 11.9. The Labute approximate surface area is 124 Å². The maximum absolute atomic E-state index is 11.9. The van der Waals surface area contributed by atoms with Crippen LogP contribution >= 0.6 is 0 Å². The molecule has 6 heteroatoms. The molecule has 0 radical (unpaired) electrons. The van der Waals surface area contributed by atoms with E-state index in [-0.39, 0.29) is 11.9 Å². The highest BCUT2D eigenvalue weighted by molar-refractivity contribution is 5.82. The molecule has 0 aliphatic carbocycles. The number of nitrogens with one attached hydrogen (secondary N) is 2. The summed E-state index contributed by atoms with van der Waals surface area (Å²) in [7, 11) is 1.63. The molecule has 1 aliphatic rings. The van der Waals surface area contributed by atoms with E-state index in [9.17, 15) is 9.90 Å². The lowest BCUT2D eigenvalue weighted by Crippen LogP contribution is -2.39. The predicted octanol–water partition coefficient (Wildman–Crippen LogP) is 0.0508. The number of benzene rings is 1. The third-order valence-corrected chi connectivity index (χ3v) is 3.35. The Balaban J connectivity index is 1.79. The summed E-state index contributed by atoms with van der Waals surface area (Å²) in [6.07, 6.45) is 0.0321. The number of hydrogen-bond acceptors (Lipinski definition) is 5. The number of hydrogen-bond donors (Lipinski definition) is 3. The maximum Gasteiger partial charge on any atom is 0.237 e. The second-order valence-electron chi connectivity index (χ2n) is 5.06. The summed E-state index contributed by atoms with van der Waals surface area (Å²) in [5.41, 5.74) is 0.969. The molecule has 1 amide bonds. The minimum atomic E-state index is -0.432. The Hall–Kier alpha value is -1.63. The highest BCUT2D eigenvalue weighted by Crippen LogP contribution is 2.13. The Kier molecular flexibility index (Phi) is 5.98. The topological polar surface area (TPSA) is 79.8 Å². The molecule has 0 bridgehead atoms. The number of carbonyl (C=O) groups excluding carboxylic acids is 1. The van der Waals surface area contributed by atoms with Crippen LogP contribution in [-0.2, 0) is 16.1 Å². The van der Waals surface area contributed by atoms with Gasteiger partial charge in [0, 0.05) is 20.2 Å². The molecule has 21 heavy (non-hydrogen) atoms. The minimum Gasteiger partial charge on any atom is -0.491 e. The molecule has 1 aromatic carbocycles. The zero-order chi connectivity index (χ0) is 15.1. The zero-order valence-electron chi connectivity index (χ0n) is 12.2. The second-order valence-corrected chi connectivity index (χ2v) is 5.06. The largest absolute Gasteiger partial charge is 0.491 e. The Bertz CT molecular complexity index is 467. The minimum absolute atomic E-state index is 0.0859. The van der Waals surface area contributed by atoms with Gasteiger partial charge in [0.25, 0.3) is 0 Å². The van der Waals surface area contributed by atoms with Crippen LogP contribution in [0.1, 0.15) is 12.0 Å². The molecule has 0 aromatic heterocycles. The molecule has 0 saturated carbocycles. The predicted molar refractivity (Wildman–Crippen MR) is 78.1 cm³/mol. The number of aliphatic hydroxyl groups is 1. The molecule has 2 atom stereocenters. The van der Waals surface area contributed by atoms with Gasteiger partial charge in [0.2, 0.25) is 5.91 Å². The van der Waals surface area contributed by atoms with Gasteiger partial charge in [0.05, 0.1) is 18.8 Å². The number of methoxy groups -OCH3 is 1. The van der Waals surface area contributed by atoms with Crippen molar-refractivity contribution in [2.75, 3.05) is 26.9 Å². The van der Waals surface area contributed by atoms with E-state index in [2.05, 4.69) is 10.6 Å². The summed E-state index contributed by atoms with van der Waals surface area (Å²) in [5, 5.41) is 15.3. The van der Waals surface area contributed by atoms with Crippen LogP contribution in [-0.4, -0.2) is 50.0 Å². The number of β-amino-alcohol motifs (C(OH)–C–C–N with tert-alkyl or cyclic N) is 1. The standard InChI is InChI=1S/C15H22N2O4/c1-20-5-6-21-13-4-2-3-11(7-13)9-17-15(19)14-8-12(18)10-16-14/h2-4,7,12,14,16,18H,5-6,8-10H2,1H3,(H,17,19)/t12-,14+/m1/s1. The molecule has 116 valence electrons. The highest BCUT2D eigenvalue weighted by atomic mass is 16.5. The van der Waals surface area contributed by atoms with Gasteiger partial charge in [0.1, 0.15) is 12.4 Å². The van der Waals surface area contributed by atoms with Crippen molar-refractivity contribution < 1.29 is 19.4 Å². The van der Waals surface area contributed by atoms with Crippen LogP contribution in [0.25, 0.3) is 0 Å². The van der Waals surface area contributed by atoms with Gasteiger partial charge in [-0.25, -0.2) is 0 Å². The highest BCUT2D eigenvalue weighted by Gasteiger charge is 2.27. The summed E-state index contributed by atoms with van der Waals surface area (Å²) < 4.78 is 10.5. The van der Waals surface area contributed by atoms with Crippen molar-refractivity contribution in [2.45, 2.75) is 25.1 Å². The van der Waals surface area contributed by atoms with Crippen molar-refractivity contribution in [3.63, 3.8) is 0 Å². The fourth-order valence-electron chi connectivity index (χ4n) is 2.22. The number of aliphatic hydroxyl groups excluding tert-OH is 1. The Morgan fingerprint density at radius 1 is 1.48 bits per heavy atom. The number of rotatable bonds is 7. The average molecular weight is 294 g/mol. The van der Waals surface area contributed by atoms with Gasteiger partial charge >= 0.3 is 0 Å². The van der Waals surface area contributed by atoms with Crippen molar-refractivity contribution in [2.24, 2.45) is 0 Å². The Morgan fingerprint density at radius 2 is 2.33 bits per heavy atom. The first-order valence-electron chi connectivity index (χ1n) is 7.09. The molecule has 1 saturated heterocycles.